The molecule has 1 N–H and O–H groups in total. The van der Waals surface area contributed by atoms with Crippen LogP contribution < -0.4 is 4.74 Å². The lowest BCUT2D eigenvalue weighted by Crippen LogP contribution is -2.21. The highest BCUT2D eigenvalue weighted by Crippen LogP contribution is 2.38. The minimum absolute atomic E-state index is 0.144. The molecule has 0 saturated heterocycles. The van der Waals surface area contributed by atoms with Crippen LogP contribution in [0.4, 0.5) is 0 Å². The number of benzene rings is 1. The summed E-state index contributed by atoms with van der Waals surface area (Å²) in [5, 5.41) is 9.46. The van der Waals surface area contributed by atoms with E-state index in [2.05, 4.69) is 0 Å². The van der Waals surface area contributed by atoms with Crippen LogP contribution in [0.3, 0.4) is 0 Å². The maximum Gasteiger partial charge on any atom is 0.307 e. The minimum Gasteiger partial charge on any atom is -0.497 e. The van der Waals surface area contributed by atoms with Crippen molar-refractivity contribution in [1.29, 1.82) is 0 Å². The zero-order chi connectivity index (χ0) is 13.8. The van der Waals surface area contributed by atoms with Crippen molar-refractivity contribution in [2.45, 2.75) is 44.9 Å². The molecule has 0 heterocycles. The summed E-state index contributed by atoms with van der Waals surface area (Å²) in [5.41, 5.74) is 2.31. The third-order valence-corrected chi connectivity index (χ3v) is 4.21. The highest BCUT2D eigenvalue weighted by molar-refractivity contribution is 5.71. The van der Waals surface area contributed by atoms with Gasteiger partial charge < -0.3 is 9.84 Å². The fourth-order valence-corrected chi connectivity index (χ4v) is 3.17. The molecule has 1 saturated carbocycles. The zero-order valence-corrected chi connectivity index (χ0v) is 11.7. The molecule has 1 aromatic carbocycles. The molecule has 2 rings (SSSR count). The van der Waals surface area contributed by atoms with Gasteiger partial charge in [-0.1, -0.05) is 25.3 Å². The zero-order valence-electron chi connectivity index (χ0n) is 11.7. The first-order chi connectivity index (χ1) is 9.13. The molecule has 3 heteroatoms. The van der Waals surface area contributed by atoms with E-state index in [1.54, 1.807) is 7.11 Å². The number of carboxylic acids is 1. The average Bonchev–Trinajstić information content (AvgIpc) is 2.64. The van der Waals surface area contributed by atoms with E-state index in [0.717, 1.165) is 43.4 Å². The molecule has 2 unspecified atom stereocenters. The minimum atomic E-state index is -0.651. The van der Waals surface area contributed by atoms with Gasteiger partial charge in [-0.15, -0.1) is 0 Å². The fourth-order valence-electron chi connectivity index (χ4n) is 3.17. The molecule has 104 valence electrons. The first kappa shape index (κ1) is 13.9. The van der Waals surface area contributed by atoms with Gasteiger partial charge in [-0.25, -0.2) is 0 Å². The van der Waals surface area contributed by atoms with Gasteiger partial charge in [0, 0.05) is 0 Å². The van der Waals surface area contributed by atoms with Crippen molar-refractivity contribution in [2.75, 3.05) is 7.11 Å². The standard InChI is InChI=1S/C16H22O3/c1-11-10-12(19-2)8-9-13(11)14-6-4-3-5-7-15(14)16(17)18/h8-10,14-15H,3-7H2,1-2H3,(H,17,18). The second-order valence-corrected chi connectivity index (χ2v) is 5.41. The molecule has 19 heavy (non-hydrogen) atoms. The third kappa shape index (κ3) is 3.09. The second-order valence-electron chi connectivity index (χ2n) is 5.41. The van der Waals surface area contributed by atoms with Crippen LogP contribution in [0.15, 0.2) is 18.2 Å². The smallest absolute Gasteiger partial charge is 0.307 e. The third-order valence-electron chi connectivity index (χ3n) is 4.21. The second kappa shape index (κ2) is 6.09. The number of carbonyl (C=O) groups is 1. The van der Waals surface area contributed by atoms with E-state index in [9.17, 15) is 9.90 Å². The van der Waals surface area contributed by atoms with Gasteiger partial charge in [0.05, 0.1) is 13.0 Å². The van der Waals surface area contributed by atoms with Crippen molar-refractivity contribution < 1.29 is 14.6 Å². The first-order valence-electron chi connectivity index (χ1n) is 7.01. The first-order valence-corrected chi connectivity index (χ1v) is 7.01. The van der Waals surface area contributed by atoms with Crippen molar-refractivity contribution >= 4 is 5.97 Å². The van der Waals surface area contributed by atoms with E-state index in [1.807, 2.05) is 25.1 Å². The lowest BCUT2D eigenvalue weighted by molar-refractivity contribution is -0.142. The van der Waals surface area contributed by atoms with Crippen LogP contribution in [0.5, 0.6) is 5.75 Å². The van der Waals surface area contributed by atoms with Crippen molar-refractivity contribution in [3.8, 4) is 5.75 Å². The molecule has 2 atom stereocenters. The van der Waals surface area contributed by atoms with E-state index in [1.165, 1.54) is 5.56 Å². The molecule has 0 bridgehead atoms. The number of aryl methyl sites for hydroxylation is 1. The molecule has 0 amide bonds. The van der Waals surface area contributed by atoms with Crippen LogP contribution in [0.2, 0.25) is 0 Å². The van der Waals surface area contributed by atoms with Gasteiger partial charge in [-0.05, 0) is 48.9 Å². The van der Waals surface area contributed by atoms with Crippen LogP contribution in [-0.4, -0.2) is 18.2 Å². The molecule has 0 spiro atoms. The van der Waals surface area contributed by atoms with E-state index >= 15 is 0 Å². The number of methoxy groups -OCH3 is 1. The monoisotopic (exact) mass is 262 g/mol. The SMILES string of the molecule is COc1ccc(C2CCCCCC2C(=O)O)c(C)c1. The molecule has 1 fully saturated rings. The molecule has 3 nitrogen and oxygen atoms in total. The maximum atomic E-state index is 11.5. The molecular formula is C16H22O3. The van der Waals surface area contributed by atoms with Crippen molar-refractivity contribution in [3.63, 3.8) is 0 Å². The molecular weight excluding hydrogens is 240 g/mol. The van der Waals surface area contributed by atoms with E-state index < -0.39 is 5.97 Å². The number of rotatable bonds is 3. The lowest BCUT2D eigenvalue weighted by atomic mass is 9.80. The predicted octanol–water partition coefficient (Wildman–Crippen LogP) is 3.75. The van der Waals surface area contributed by atoms with Crippen molar-refractivity contribution in [3.05, 3.63) is 29.3 Å². The Morgan fingerprint density at radius 3 is 2.63 bits per heavy atom. The number of ether oxygens (including phenoxy) is 1. The number of hydrogen-bond donors (Lipinski definition) is 1. The Balaban J connectivity index is 2.33. The number of hydrogen-bond acceptors (Lipinski definition) is 2. The van der Waals surface area contributed by atoms with Crippen molar-refractivity contribution in [1.82, 2.24) is 0 Å². The Hall–Kier alpha value is -1.51. The van der Waals surface area contributed by atoms with Gasteiger partial charge in [0.15, 0.2) is 0 Å². The van der Waals surface area contributed by atoms with Gasteiger partial charge >= 0.3 is 5.97 Å². The Labute approximate surface area is 114 Å². The summed E-state index contributed by atoms with van der Waals surface area (Å²) >= 11 is 0. The average molecular weight is 262 g/mol. The van der Waals surface area contributed by atoms with Crippen LogP contribution in [0.25, 0.3) is 0 Å². The summed E-state index contributed by atoms with van der Waals surface area (Å²) in [5.74, 6) is 0.0874. The largest absolute Gasteiger partial charge is 0.497 e. The summed E-state index contributed by atoms with van der Waals surface area (Å²) < 4.78 is 5.22. The molecule has 0 radical (unpaired) electrons. The summed E-state index contributed by atoms with van der Waals surface area (Å²) in [4.78, 5) is 11.5. The van der Waals surface area contributed by atoms with Gasteiger partial charge in [0.25, 0.3) is 0 Å². The van der Waals surface area contributed by atoms with Gasteiger partial charge in [0.2, 0.25) is 0 Å². The fraction of sp³-hybridized carbons (Fsp3) is 0.562. The van der Waals surface area contributed by atoms with E-state index in [4.69, 9.17) is 4.74 Å². The molecule has 0 aliphatic heterocycles. The Kier molecular flexibility index (Phi) is 4.46. The van der Waals surface area contributed by atoms with E-state index in [-0.39, 0.29) is 11.8 Å². The number of carboxylic acid groups (broad SMARTS) is 1. The summed E-state index contributed by atoms with van der Waals surface area (Å²) in [7, 11) is 1.65. The molecule has 0 aromatic heterocycles. The summed E-state index contributed by atoms with van der Waals surface area (Å²) in [6, 6.07) is 5.98. The number of aliphatic carboxylic acids is 1. The molecule has 1 aliphatic carbocycles. The highest BCUT2D eigenvalue weighted by atomic mass is 16.5. The van der Waals surface area contributed by atoms with Crippen LogP contribution in [0, 0.1) is 12.8 Å². The Morgan fingerprint density at radius 2 is 2.00 bits per heavy atom. The summed E-state index contributed by atoms with van der Waals surface area (Å²) in [6.45, 7) is 2.04. The van der Waals surface area contributed by atoms with Gasteiger partial charge in [-0.2, -0.15) is 0 Å². The van der Waals surface area contributed by atoms with Gasteiger partial charge in [-0.3, -0.25) is 4.79 Å². The normalized spacial score (nSPS) is 23.7. The van der Waals surface area contributed by atoms with Crippen LogP contribution in [0.1, 0.15) is 49.1 Å². The molecule has 1 aromatic rings. The Bertz CT molecular complexity index is 453. The van der Waals surface area contributed by atoms with Crippen LogP contribution in [-0.2, 0) is 4.79 Å². The summed E-state index contributed by atoms with van der Waals surface area (Å²) in [6.07, 6.45) is 5.08. The highest BCUT2D eigenvalue weighted by Gasteiger charge is 2.31. The lowest BCUT2D eigenvalue weighted by Gasteiger charge is -2.24. The maximum absolute atomic E-state index is 11.5. The quantitative estimate of drug-likeness (QED) is 0.844. The van der Waals surface area contributed by atoms with Crippen molar-refractivity contribution in [2.24, 2.45) is 5.92 Å². The Morgan fingerprint density at radius 1 is 1.26 bits per heavy atom. The van der Waals surface area contributed by atoms with Gasteiger partial charge in [0.1, 0.15) is 5.75 Å². The molecule has 1 aliphatic rings. The van der Waals surface area contributed by atoms with Crippen LogP contribution >= 0.6 is 0 Å². The predicted molar refractivity (Wildman–Crippen MR) is 74.7 cm³/mol. The topological polar surface area (TPSA) is 46.5 Å². The van der Waals surface area contributed by atoms with E-state index in [0.29, 0.717) is 0 Å².